The van der Waals surface area contributed by atoms with Gasteiger partial charge in [-0.05, 0) is 25.2 Å². The highest BCUT2D eigenvalue weighted by Crippen LogP contribution is 2.24. The minimum atomic E-state index is -0.566. The normalized spacial score (nSPS) is 21.3. The van der Waals surface area contributed by atoms with Crippen LogP contribution in [0.2, 0.25) is 0 Å². The monoisotopic (exact) mass is 270 g/mol. The zero-order valence-electron chi connectivity index (χ0n) is 12.4. The Morgan fingerprint density at radius 2 is 2.05 bits per heavy atom. The van der Waals surface area contributed by atoms with Crippen molar-refractivity contribution in [2.24, 2.45) is 5.41 Å². The van der Waals surface area contributed by atoms with Gasteiger partial charge in [-0.3, -0.25) is 9.59 Å². The number of nitrogens with zero attached hydrogens (tertiary/aromatic N) is 1. The fourth-order valence-electron chi connectivity index (χ4n) is 2.26. The SMILES string of the molecule is CC(O)CNC(=O)C1CCCN1C(=O)CC(C)(C)C. The number of likely N-dealkylation sites (tertiary alicyclic amines) is 1. The molecular weight excluding hydrogens is 244 g/mol. The number of rotatable bonds is 4. The van der Waals surface area contributed by atoms with Gasteiger partial charge in [0.15, 0.2) is 0 Å². The molecule has 110 valence electrons. The Morgan fingerprint density at radius 3 is 2.58 bits per heavy atom. The van der Waals surface area contributed by atoms with Gasteiger partial charge in [0.25, 0.3) is 0 Å². The summed E-state index contributed by atoms with van der Waals surface area (Å²) in [5.74, 6) is -0.108. The molecule has 0 aliphatic carbocycles. The van der Waals surface area contributed by atoms with Gasteiger partial charge in [-0.2, -0.15) is 0 Å². The van der Waals surface area contributed by atoms with Gasteiger partial charge in [0, 0.05) is 19.5 Å². The zero-order chi connectivity index (χ0) is 14.6. The predicted molar refractivity (Wildman–Crippen MR) is 73.5 cm³/mol. The fourth-order valence-corrected chi connectivity index (χ4v) is 2.26. The first-order valence-corrected chi connectivity index (χ1v) is 6.96. The van der Waals surface area contributed by atoms with E-state index in [1.165, 1.54) is 0 Å². The van der Waals surface area contributed by atoms with Crippen LogP contribution in [-0.4, -0.2) is 47.1 Å². The summed E-state index contributed by atoms with van der Waals surface area (Å²) in [6, 6.07) is -0.367. The second-order valence-corrected chi connectivity index (χ2v) is 6.58. The standard InChI is InChI=1S/C14H26N2O3/c1-10(17)9-15-13(19)11-6-5-7-16(11)12(18)8-14(2,3)4/h10-11,17H,5-9H2,1-4H3,(H,15,19). The van der Waals surface area contributed by atoms with E-state index in [0.29, 0.717) is 19.4 Å². The molecular formula is C14H26N2O3. The predicted octanol–water partition coefficient (Wildman–Crippen LogP) is 0.911. The Hall–Kier alpha value is -1.10. The quantitative estimate of drug-likeness (QED) is 0.798. The minimum absolute atomic E-state index is 0.0437. The fraction of sp³-hybridized carbons (Fsp3) is 0.857. The summed E-state index contributed by atoms with van der Waals surface area (Å²) < 4.78 is 0. The van der Waals surface area contributed by atoms with Crippen molar-refractivity contribution < 1.29 is 14.7 Å². The molecule has 5 heteroatoms. The van der Waals surface area contributed by atoms with Crippen LogP contribution in [0, 0.1) is 5.41 Å². The maximum absolute atomic E-state index is 12.2. The Kier molecular flexibility index (Phi) is 5.35. The number of aliphatic hydroxyl groups excluding tert-OH is 1. The van der Waals surface area contributed by atoms with Gasteiger partial charge < -0.3 is 15.3 Å². The van der Waals surface area contributed by atoms with Crippen LogP contribution in [0.5, 0.6) is 0 Å². The second kappa shape index (κ2) is 6.37. The molecule has 0 bridgehead atoms. The second-order valence-electron chi connectivity index (χ2n) is 6.58. The molecule has 0 radical (unpaired) electrons. The van der Waals surface area contributed by atoms with Crippen LogP contribution in [0.15, 0.2) is 0 Å². The van der Waals surface area contributed by atoms with Crippen molar-refractivity contribution in [2.75, 3.05) is 13.1 Å². The van der Waals surface area contributed by atoms with Crippen molar-refractivity contribution in [1.82, 2.24) is 10.2 Å². The van der Waals surface area contributed by atoms with E-state index in [9.17, 15) is 14.7 Å². The van der Waals surface area contributed by atoms with E-state index >= 15 is 0 Å². The molecule has 2 atom stereocenters. The lowest BCUT2D eigenvalue weighted by Gasteiger charge is -2.27. The van der Waals surface area contributed by atoms with Crippen molar-refractivity contribution in [3.63, 3.8) is 0 Å². The van der Waals surface area contributed by atoms with Gasteiger partial charge in [-0.15, -0.1) is 0 Å². The summed E-state index contributed by atoms with van der Waals surface area (Å²) >= 11 is 0. The Bertz CT molecular complexity index is 334. The number of carbonyl (C=O) groups is 2. The highest BCUT2D eigenvalue weighted by Gasteiger charge is 2.35. The van der Waals surface area contributed by atoms with Crippen molar-refractivity contribution in [3.8, 4) is 0 Å². The molecule has 5 nitrogen and oxygen atoms in total. The average Bonchev–Trinajstić information content (AvgIpc) is 2.72. The first-order chi connectivity index (χ1) is 8.70. The molecule has 0 saturated carbocycles. The van der Waals surface area contributed by atoms with Gasteiger partial charge >= 0.3 is 0 Å². The number of nitrogens with one attached hydrogen (secondary N) is 1. The van der Waals surface area contributed by atoms with E-state index < -0.39 is 6.10 Å². The van der Waals surface area contributed by atoms with Crippen LogP contribution in [0.25, 0.3) is 0 Å². The van der Waals surface area contributed by atoms with Crippen molar-refractivity contribution in [3.05, 3.63) is 0 Å². The van der Waals surface area contributed by atoms with Crippen LogP contribution in [0.1, 0.15) is 47.0 Å². The number of aliphatic hydroxyl groups is 1. The van der Waals surface area contributed by atoms with E-state index in [2.05, 4.69) is 5.32 Å². The summed E-state index contributed by atoms with van der Waals surface area (Å²) in [6.07, 6.45) is 1.46. The van der Waals surface area contributed by atoms with Crippen molar-refractivity contribution in [2.45, 2.75) is 59.1 Å². The van der Waals surface area contributed by atoms with Gasteiger partial charge in [0.2, 0.25) is 11.8 Å². The van der Waals surface area contributed by atoms with E-state index in [1.54, 1.807) is 11.8 Å². The van der Waals surface area contributed by atoms with E-state index in [4.69, 9.17) is 0 Å². The number of hydrogen-bond acceptors (Lipinski definition) is 3. The maximum atomic E-state index is 12.2. The topological polar surface area (TPSA) is 69.6 Å². The van der Waals surface area contributed by atoms with Crippen molar-refractivity contribution in [1.29, 1.82) is 0 Å². The molecule has 1 aliphatic rings. The van der Waals surface area contributed by atoms with Crippen LogP contribution in [0.3, 0.4) is 0 Å². The molecule has 0 spiro atoms. The lowest BCUT2D eigenvalue weighted by molar-refractivity contribution is -0.139. The van der Waals surface area contributed by atoms with Crippen LogP contribution >= 0.6 is 0 Å². The molecule has 0 aromatic rings. The Balaban J connectivity index is 2.58. The van der Waals surface area contributed by atoms with Gasteiger partial charge in [-0.25, -0.2) is 0 Å². The van der Waals surface area contributed by atoms with E-state index in [0.717, 1.165) is 6.42 Å². The summed E-state index contributed by atoms with van der Waals surface area (Å²) in [5, 5.41) is 11.9. The van der Waals surface area contributed by atoms with Crippen LogP contribution < -0.4 is 5.32 Å². The largest absolute Gasteiger partial charge is 0.392 e. The number of carbonyl (C=O) groups excluding carboxylic acids is 2. The maximum Gasteiger partial charge on any atom is 0.242 e. The van der Waals surface area contributed by atoms with Crippen LogP contribution in [0.4, 0.5) is 0 Å². The van der Waals surface area contributed by atoms with E-state index in [-0.39, 0.29) is 29.8 Å². The molecule has 0 aromatic carbocycles. The average molecular weight is 270 g/mol. The third-order valence-electron chi connectivity index (χ3n) is 3.13. The van der Waals surface area contributed by atoms with Gasteiger partial charge in [0.1, 0.15) is 6.04 Å². The molecule has 1 rings (SSSR count). The highest BCUT2D eigenvalue weighted by atomic mass is 16.3. The molecule has 1 fully saturated rings. The first-order valence-electron chi connectivity index (χ1n) is 6.96. The third kappa shape index (κ3) is 5.19. The number of amides is 2. The molecule has 19 heavy (non-hydrogen) atoms. The lowest BCUT2D eigenvalue weighted by atomic mass is 9.91. The molecule has 1 aliphatic heterocycles. The zero-order valence-corrected chi connectivity index (χ0v) is 12.4. The van der Waals surface area contributed by atoms with Crippen LogP contribution in [-0.2, 0) is 9.59 Å². The van der Waals surface area contributed by atoms with Gasteiger partial charge in [-0.1, -0.05) is 20.8 Å². The Labute approximate surface area is 115 Å². The summed E-state index contributed by atoms with van der Waals surface area (Å²) in [6.45, 7) is 8.56. The Morgan fingerprint density at radius 1 is 1.42 bits per heavy atom. The summed E-state index contributed by atoms with van der Waals surface area (Å²) in [5.41, 5.74) is -0.0691. The molecule has 0 aromatic heterocycles. The molecule has 1 heterocycles. The molecule has 1 saturated heterocycles. The van der Waals surface area contributed by atoms with Crippen molar-refractivity contribution >= 4 is 11.8 Å². The molecule has 2 amide bonds. The summed E-state index contributed by atoms with van der Waals surface area (Å²) in [7, 11) is 0. The van der Waals surface area contributed by atoms with E-state index in [1.807, 2.05) is 20.8 Å². The van der Waals surface area contributed by atoms with Gasteiger partial charge in [0.05, 0.1) is 6.10 Å². The smallest absolute Gasteiger partial charge is 0.242 e. The summed E-state index contributed by atoms with van der Waals surface area (Å²) in [4.78, 5) is 25.9. The number of hydrogen-bond donors (Lipinski definition) is 2. The third-order valence-corrected chi connectivity index (χ3v) is 3.13. The lowest BCUT2D eigenvalue weighted by Crippen LogP contribution is -2.47. The highest BCUT2D eigenvalue weighted by molar-refractivity contribution is 5.88. The molecule has 2 N–H and O–H groups in total. The molecule has 2 unspecified atom stereocenters. The first kappa shape index (κ1) is 16.0. The minimum Gasteiger partial charge on any atom is -0.392 e.